The number of aliphatic hydroxyl groups is 1. The lowest BCUT2D eigenvalue weighted by Crippen LogP contribution is -1.90. The van der Waals surface area contributed by atoms with Crippen LogP contribution in [0.25, 0.3) is 54.7 Å². The van der Waals surface area contributed by atoms with Gasteiger partial charge >= 0.3 is 0 Å². The summed E-state index contributed by atoms with van der Waals surface area (Å²) in [5.41, 5.74) is 5.13. The first-order valence-electron chi connectivity index (χ1n) is 10.2. The number of aliphatic hydroxyl groups excluding tert-OH is 1. The molecular weight excluding hydrogens is 422 g/mol. The molecule has 1 N–H and O–H groups in total. The molecule has 158 valence electrons. The van der Waals surface area contributed by atoms with Crippen LogP contribution in [0.15, 0.2) is 49.1 Å². The highest BCUT2D eigenvalue weighted by Crippen LogP contribution is 2.38. The summed E-state index contributed by atoms with van der Waals surface area (Å²) >= 11 is 1.50. The van der Waals surface area contributed by atoms with Gasteiger partial charge in [-0.05, 0) is 36.8 Å². The van der Waals surface area contributed by atoms with Crippen molar-refractivity contribution in [2.75, 3.05) is 0 Å². The molecule has 0 fully saturated rings. The fourth-order valence-electron chi connectivity index (χ4n) is 3.98. The number of rotatable bonds is 3. The topological polar surface area (TPSA) is 94.5 Å². The van der Waals surface area contributed by atoms with Gasteiger partial charge in [0.05, 0.1) is 11.8 Å². The number of hydrogen-bond donors (Lipinski definition) is 1. The molecule has 0 aliphatic carbocycles. The molecule has 0 aliphatic rings. The predicted octanol–water partition coefficient (Wildman–Crippen LogP) is 4.25. The van der Waals surface area contributed by atoms with Crippen molar-refractivity contribution in [1.82, 2.24) is 34.5 Å². The van der Waals surface area contributed by atoms with Gasteiger partial charge in [-0.3, -0.25) is 9.36 Å². The number of nitrogens with zero attached hydrogens (tertiary/aromatic N) is 7. The number of aromatic nitrogens is 7. The van der Waals surface area contributed by atoms with Crippen LogP contribution in [0.4, 0.5) is 0 Å². The molecule has 0 saturated heterocycles. The van der Waals surface area contributed by atoms with Crippen LogP contribution in [-0.2, 0) is 14.1 Å². The zero-order valence-electron chi connectivity index (χ0n) is 17.7. The average Bonchev–Trinajstić information content (AvgIpc) is 3.45. The van der Waals surface area contributed by atoms with Crippen molar-refractivity contribution >= 4 is 43.6 Å². The Morgan fingerprint density at radius 2 is 1.50 bits per heavy atom. The second kappa shape index (κ2) is 6.91. The summed E-state index contributed by atoms with van der Waals surface area (Å²) in [6.45, 7) is 1.77. The van der Waals surface area contributed by atoms with Gasteiger partial charge in [0.25, 0.3) is 0 Å². The first-order chi connectivity index (χ1) is 15.4. The van der Waals surface area contributed by atoms with Crippen molar-refractivity contribution in [3.05, 3.63) is 53.9 Å². The minimum Gasteiger partial charge on any atom is -0.388 e. The summed E-state index contributed by atoms with van der Waals surface area (Å²) in [5, 5.41) is 21.8. The van der Waals surface area contributed by atoms with Crippen LogP contribution in [0.3, 0.4) is 0 Å². The molecule has 0 amide bonds. The van der Waals surface area contributed by atoms with E-state index in [4.69, 9.17) is 4.98 Å². The molecule has 0 radical (unpaired) electrons. The van der Waals surface area contributed by atoms with E-state index >= 15 is 0 Å². The Morgan fingerprint density at radius 1 is 0.875 bits per heavy atom. The van der Waals surface area contributed by atoms with Crippen molar-refractivity contribution in [2.24, 2.45) is 14.1 Å². The molecule has 0 saturated carbocycles. The fraction of sp³-hybridized carbons (Fsp3) is 0.174. The van der Waals surface area contributed by atoms with E-state index < -0.39 is 6.10 Å². The van der Waals surface area contributed by atoms with E-state index in [2.05, 4.69) is 38.4 Å². The van der Waals surface area contributed by atoms with E-state index in [-0.39, 0.29) is 0 Å². The van der Waals surface area contributed by atoms with Gasteiger partial charge in [0.1, 0.15) is 4.83 Å². The van der Waals surface area contributed by atoms with Gasteiger partial charge in [0.2, 0.25) is 0 Å². The van der Waals surface area contributed by atoms with E-state index in [1.807, 2.05) is 38.8 Å². The summed E-state index contributed by atoms with van der Waals surface area (Å²) in [4.78, 5) is 15.7. The Bertz CT molecular complexity index is 1640. The molecule has 9 heteroatoms. The van der Waals surface area contributed by atoms with E-state index in [0.717, 1.165) is 48.3 Å². The third-order valence-electron chi connectivity index (χ3n) is 5.49. The quantitative estimate of drug-likeness (QED) is 0.441. The zero-order chi connectivity index (χ0) is 22.0. The Hall–Kier alpha value is -3.69. The molecule has 32 heavy (non-hydrogen) atoms. The lowest BCUT2D eigenvalue weighted by atomic mass is 10.0. The minimum atomic E-state index is -0.558. The van der Waals surface area contributed by atoms with E-state index in [1.165, 1.54) is 11.3 Å². The van der Waals surface area contributed by atoms with Crippen LogP contribution in [0, 0.1) is 0 Å². The maximum Gasteiger partial charge on any atom is 0.181 e. The number of thiophene rings is 1. The Balaban J connectivity index is 1.60. The molecule has 6 rings (SSSR count). The van der Waals surface area contributed by atoms with Crippen molar-refractivity contribution in [3.63, 3.8) is 0 Å². The Kier molecular flexibility index (Phi) is 4.11. The minimum absolute atomic E-state index is 0.558. The molecule has 6 aromatic heterocycles. The monoisotopic (exact) mass is 441 g/mol. The molecule has 6 heterocycles. The second-order valence-electron chi connectivity index (χ2n) is 7.98. The molecule has 0 bridgehead atoms. The van der Waals surface area contributed by atoms with Crippen LogP contribution < -0.4 is 0 Å². The first kappa shape index (κ1) is 19.0. The smallest absolute Gasteiger partial charge is 0.181 e. The maximum atomic E-state index is 10.2. The average molecular weight is 442 g/mol. The highest BCUT2D eigenvalue weighted by Gasteiger charge is 2.16. The largest absolute Gasteiger partial charge is 0.388 e. The second-order valence-corrected chi connectivity index (χ2v) is 9.04. The van der Waals surface area contributed by atoms with E-state index in [1.54, 1.807) is 22.5 Å². The van der Waals surface area contributed by atoms with Crippen molar-refractivity contribution in [2.45, 2.75) is 13.0 Å². The summed E-state index contributed by atoms with van der Waals surface area (Å²) in [6.07, 6.45) is 7.00. The lowest BCUT2D eigenvalue weighted by Gasteiger charge is -2.08. The molecule has 0 unspecified atom stereocenters. The molecule has 1 atom stereocenters. The molecule has 0 aliphatic heterocycles. The van der Waals surface area contributed by atoms with Gasteiger partial charge in [-0.25, -0.2) is 15.0 Å². The van der Waals surface area contributed by atoms with Crippen LogP contribution in [-0.4, -0.2) is 39.6 Å². The number of fused-ring (bicyclic) bond motifs is 3. The molecule has 6 aromatic rings. The van der Waals surface area contributed by atoms with Crippen molar-refractivity contribution < 1.29 is 5.11 Å². The fourth-order valence-corrected chi connectivity index (χ4v) is 4.97. The van der Waals surface area contributed by atoms with Crippen molar-refractivity contribution in [1.29, 1.82) is 0 Å². The Morgan fingerprint density at radius 3 is 2.16 bits per heavy atom. The third-order valence-corrected chi connectivity index (χ3v) is 6.69. The van der Waals surface area contributed by atoms with Gasteiger partial charge < -0.3 is 5.11 Å². The van der Waals surface area contributed by atoms with Crippen molar-refractivity contribution in [3.8, 4) is 22.4 Å². The highest BCUT2D eigenvalue weighted by atomic mass is 32.1. The Labute approximate surface area is 186 Å². The summed E-state index contributed by atoms with van der Waals surface area (Å²) in [6, 6.07) is 8.24. The normalized spacial score (nSPS) is 12.9. The summed E-state index contributed by atoms with van der Waals surface area (Å²) in [7, 11) is 3.77. The predicted molar refractivity (Wildman–Crippen MR) is 125 cm³/mol. The standard InChI is InChI=1S/C23H19N7OS/c1-12(31)20-7-18-17(13-4-15-10-29(2)27-21(15)24-8-13)6-19(26-23(18)32-20)14-5-16-11-30(3)28-22(16)25-9-14/h4-12,31H,1-3H3/t12-/m1/s1. The maximum absolute atomic E-state index is 10.2. The first-order valence-corrected chi connectivity index (χ1v) is 11.0. The van der Waals surface area contributed by atoms with Crippen LogP contribution >= 0.6 is 11.3 Å². The van der Waals surface area contributed by atoms with Crippen LogP contribution in [0.5, 0.6) is 0 Å². The van der Waals surface area contributed by atoms with Crippen LogP contribution in [0.1, 0.15) is 17.9 Å². The SMILES string of the molecule is C[C@@H](O)c1cc2c(-c3cnc4nn(C)cc4c3)cc(-c3cnc4nn(C)cc4c3)nc2s1. The zero-order valence-corrected chi connectivity index (χ0v) is 18.5. The molecule has 0 spiro atoms. The lowest BCUT2D eigenvalue weighted by molar-refractivity contribution is 0.203. The van der Waals surface area contributed by atoms with E-state index in [9.17, 15) is 5.11 Å². The summed E-state index contributed by atoms with van der Waals surface area (Å²) in [5.74, 6) is 0. The van der Waals surface area contributed by atoms with Gasteiger partial charge in [0.15, 0.2) is 11.3 Å². The molecular formula is C23H19N7OS. The van der Waals surface area contributed by atoms with Gasteiger partial charge in [0, 0.05) is 71.0 Å². The number of pyridine rings is 3. The number of aryl methyl sites for hydroxylation is 2. The van der Waals surface area contributed by atoms with E-state index in [0.29, 0.717) is 11.3 Å². The third kappa shape index (κ3) is 3.05. The van der Waals surface area contributed by atoms with Crippen LogP contribution in [0.2, 0.25) is 0 Å². The number of hydrogen-bond acceptors (Lipinski definition) is 7. The van der Waals surface area contributed by atoms with Gasteiger partial charge in [-0.2, -0.15) is 10.2 Å². The van der Waals surface area contributed by atoms with Gasteiger partial charge in [-0.1, -0.05) is 0 Å². The molecule has 0 aromatic carbocycles. The highest BCUT2D eigenvalue weighted by molar-refractivity contribution is 7.18. The molecule has 8 nitrogen and oxygen atoms in total. The summed E-state index contributed by atoms with van der Waals surface area (Å²) < 4.78 is 3.52. The van der Waals surface area contributed by atoms with Gasteiger partial charge in [-0.15, -0.1) is 11.3 Å².